The average Bonchev–Trinajstić information content (AvgIpc) is 3.56. The van der Waals surface area contributed by atoms with Crippen molar-refractivity contribution in [1.29, 1.82) is 0 Å². The van der Waals surface area contributed by atoms with E-state index in [1.807, 2.05) is 0 Å². The number of carbonyl (C=O) groups excluding carboxylic acids is 1. The third kappa shape index (κ3) is 15.9. The predicted octanol–water partition coefficient (Wildman–Crippen LogP) is -1.73. The molecule has 20 heteroatoms. The van der Waals surface area contributed by atoms with Gasteiger partial charge in [-0.3, -0.25) is 4.79 Å². The highest BCUT2D eigenvalue weighted by Crippen LogP contribution is 2.34. The standard InChI is InChI=1S/C43H85N7O13/c1-2-3-4-5-6-7-8-9-10-11-12-13-14-15-16-17-18-19-29(51)50-23-28-39(62-42-31(49)36(56)34(54)27(22-45)59-42)37(57)43(60-28)63-40-32(52)24(46)20-25(47)38(40)61-41-30(48)35(55)33(53)26(21-44)58-41/h24-28,30-43,52-57H,2-23,44-49H2,1H3,(H,50,51)/t24-,25+,26-,27+,28-,30-,31-,32+,33-,34-,35-,36-,37-,38-,39-,40-,41-,42-,43+/m1/s1. The van der Waals surface area contributed by atoms with E-state index in [1.54, 1.807) is 0 Å². The number of nitrogens with two attached hydrogens (primary N) is 6. The molecule has 1 saturated carbocycles. The third-order valence-corrected chi connectivity index (χ3v) is 13.2. The second-order valence-corrected chi connectivity index (χ2v) is 18.3. The summed E-state index contributed by atoms with van der Waals surface area (Å²) in [5.41, 5.74) is 36.6. The average molecular weight is 908 g/mol. The van der Waals surface area contributed by atoms with E-state index in [4.69, 9.17) is 62.8 Å². The van der Waals surface area contributed by atoms with E-state index < -0.39 is 116 Å². The fourth-order valence-corrected chi connectivity index (χ4v) is 9.07. The molecule has 3 aliphatic heterocycles. The van der Waals surface area contributed by atoms with Crippen LogP contribution in [0.2, 0.25) is 0 Å². The van der Waals surface area contributed by atoms with Gasteiger partial charge in [0.15, 0.2) is 18.9 Å². The topological polar surface area (TPSA) is 362 Å². The Hall–Kier alpha value is -1.25. The van der Waals surface area contributed by atoms with Crippen LogP contribution in [-0.4, -0.2) is 172 Å². The highest BCUT2D eigenvalue weighted by molar-refractivity contribution is 5.75. The van der Waals surface area contributed by atoms with Crippen LogP contribution in [0.25, 0.3) is 0 Å². The van der Waals surface area contributed by atoms with Gasteiger partial charge in [0.05, 0.1) is 18.2 Å². The van der Waals surface area contributed by atoms with E-state index in [0.29, 0.717) is 6.42 Å². The zero-order chi connectivity index (χ0) is 46.1. The maximum Gasteiger partial charge on any atom is 0.220 e. The molecule has 0 aromatic carbocycles. The molecule has 4 rings (SSSR count). The molecule has 3 saturated heterocycles. The van der Waals surface area contributed by atoms with E-state index in [-0.39, 0.29) is 38.4 Å². The lowest BCUT2D eigenvalue weighted by atomic mass is 9.84. The van der Waals surface area contributed by atoms with Gasteiger partial charge in [-0.25, -0.2) is 0 Å². The minimum absolute atomic E-state index is 0.0838. The number of hydrogen-bond acceptors (Lipinski definition) is 19. The summed E-state index contributed by atoms with van der Waals surface area (Å²) in [5.74, 6) is -0.232. The molecule has 370 valence electrons. The molecule has 19 atom stereocenters. The van der Waals surface area contributed by atoms with Gasteiger partial charge in [0.1, 0.15) is 67.1 Å². The largest absolute Gasteiger partial charge is 0.389 e. The Morgan fingerprint density at radius 2 is 0.921 bits per heavy atom. The first-order chi connectivity index (χ1) is 30.2. The van der Waals surface area contributed by atoms with Gasteiger partial charge < -0.3 is 98.8 Å². The molecular formula is C43H85N7O13. The molecule has 4 aliphatic rings. The molecule has 0 bridgehead atoms. The van der Waals surface area contributed by atoms with Gasteiger partial charge in [-0.1, -0.05) is 110 Å². The van der Waals surface area contributed by atoms with Gasteiger partial charge in [-0.2, -0.15) is 0 Å². The number of rotatable bonds is 28. The first-order valence-corrected chi connectivity index (χ1v) is 23.9. The molecule has 1 aliphatic carbocycles. The summed E-state index contributed by atoms with van der Waals surface area (Å²) >= 11 is 0. The van der Waals surface area contributed by atoms with Crippen molar-refractivity contribution >= 4 is 5.91 Å². The Kier molecular flexibility index (Phi) is 24.3. The van der Waals surface area contributed by atoms with Crippen molar-refractivity contribution in [2.75, 3.05) is 19.6 Å². The first kappa shape index (κ1) is 54.4. The molecule has 3 heterocycles. The van der Waals surface area contributed by atoms with Crippen LogP contribution in [-0.2, 0) is 33.2 Å². The van der Waals surface area contributed by atoms with Crippen LogP contribution in [0.3, 0.4) is 0 Å². The second-order valence-electron chi connectivity index (χ2n) is 18.3. The fourth-order valence-electron chi connectivity index (χ4n) is 9.07. The number of unbranched alkanes of at least 4 members (excludes halogenated alkanes) is 16. The number of amides is 1. The smallest absolute Gasteiger partial charge is 0.220 e. The van der Waals surface area contributed by atoms with Crippen molar-refractivity contribution in [2.24, 2.45) is 34.4 Å². The normalized spacial score (nSPS) is 39.7. The van der Waals surface area contributed by atoms with Crippen molar-refractivity contribution in [3.63, 3.8) is 0 Å². The summed E-state index contributed by atoms with van der Waals surface area (Å²) in [6, 6.07) is -4.25. The molecule has 0 aromatic heterocycles. The van der Waals surface area contributed by atoms with Gasteiger partial charge in [0, 0.05) is 38.1 Å². The number of aliphatic hydroxyl groups excluding tert-OH is 6. The lowest BCUT2D eigenvalue weighted by molar-refractivity contribution is -0.306. The van der Waals surface area contributed by atoms with Crippen molar-refractivity contribution in [3.05, 3.63) is 0 Å². The van der Waals surface area contributed by atoms with Gasteiger partial charge in [0.2, 0.25) is 5.91 Å². The third-order valence-electron chi connectivity index (χ3n) is 13.2. The number of aliphatic hydroxyl groups is 6. The van der Waals surface area contributed by atoms with E-state index in [0.717, 1.165) is 19.3 Å². The van der Waals surface area contributed by atoms with Crippen LogP contribution in [0.5, 0.6) is 0 Å². The van der Waals surface area contributed by atoms with Crippen LogP contribution < -0.4 is 39.7 Å². The highest BCUT2D eigenvalue weighted by Gasteiger charge is 2.54. The predicted molar refractivity (Wildman–Crippen MR) is 233 cm³/mol. The summed E-state index contributed by atoms with van der Waals surface area (Å²) < 4.78 is 36.2. The molecule has 19 N–H and O–H groups in total. The van der Waals surface area contributed by atoms with Crippen LogP contribution in [0.4, 0.5) is 0 Å². The van der Waals surface area contributed by atoms with Gasteiger partial charge >= 0.3 is 0 Å². The van der Waals surface area contributed by atoms with Crippen LogP contribution >= 0.6 is 0 Å². The minimum Gasteiger partial charge on any atom is -0.389 e. The number of hydrogen-bond donors (Lipinski definition) is 13. The van der Waals surface area contributed by atoms with Crippen molar-refractivity contribution in [2.45, 2.75) is 245 Å². The van der Waals surface area contributed by atoms with Crippen LogP contribution in [0.15, 0.2) is 0 Å². The number of carbonyl (C=O) groups is 1. The van der Waals surface area contributed by atoms with Crippen molar-refractivity contribution in [1.82, 2.24) is 5.32 Å². The highest BCUT2D eigenvalue weighted by atomic mass is 16.8. The first-order valence-electron chi connectivity index (χ1n) is 23.9. The van der Waals surface area contributed by atoms with Crippen molar-refractivity contribution < 1.29 is 63.9 Å². The van der Waals surface area contributed by atoms with E-state index in [9.17, 15) is 35.4 Å². The van der Waals surface area contributed by atoms with Crippen LogP contribution in [0, 0.1) is 0 Å². The van der Waals surface area contributed by atoms with E-state index in [2.05, 4.69) is 12.2 Å². The Morgan fingerprint density at radius 1 is 0.508 bits per heavy atom. The molecule has 1 amide bonds. The molecule has 4 fully saturated rings. The second kappa shape index (κ2) is 28.2. The maximum absolute atomic E-state index is 13.1. The lowest BCUT2D eigenvalue weighted by Crippen LogP contribution is -2.68. The monoisotopic (exact) mass is 908 g/mol. The zero-order valence-electron chi connectivity index (χ0n) is 37.5. The molecular weight excluding hydrogens is 823 g/mol. The van der Waals surface area contributed by atoms with Crippen LogP contribution in [0.1, 0.15) is 129 Å². The van der Waals surface area contributed by atoms with E-state index in [1.165, 1.54) is 83.5 Å². The van der Waals surface area contributed by atoms with Gasteiger partial charge in [-0.15, -0.1) is 0 Å². The number of nitrogens with one attached hydrogen (secondary N) is 1. The Labute approximate surface area is 373 Å². The Bertz CT molecular complexity index is 1270. The molecule has 0 radical (unpaired) electrons. The fraction of sp³-hybridized carbons (Fsp3) is 0.977. The summed E-state index contributed by atoms with van der Waals surface area (Å²) in [7, 11) is 0. The SMILES string of the molecule is CCCCCCCCCCCCCCCCCCCC(=O)NC[C@H]1O[C@@H](O[C@@H]2[C@@H](O)[C@H](N)C[C@H](N)[C@H]2O[C@H]2O[C@H](CN)[C@@H](O)[C@H](O)[C@H]2N)[C@H](O)[C@@H]1O[C@H]1O[C@@H](CN)[C@@H](O)[C@H](O)[C@H]1N. The minimum atomic E-state index is -1.61. The molecule has 0 aromatic rings. The Balaban J connectivity index is 1.30. The number of ether oxygens (including phenoxy) is 6. The molecule has 0 spiro atoms. The summed E-state index contributed by atoms with van der Waals surface area (Å²) in [6.45, 7) is 1.79. The maximum atomic E-state index is 13.1. The summed E-state index contributed by atoms with van der Waals surface area (Å²) in [5, 5.41) is 67.9. The zero-order valence-corrected chi connectivity index (χ0v) is 37.5. The molecule has 0 unspecified atom stereocenters. The summed E-state index contributed by atoms with van der Waals surface area (Å²) in [4.78, 5) is 13.1. The lowest BCUT2D eigenvalue weighted by Gasteiger charge is -2.47. The van der Waals surface area contributed by atoms with Gasteiger partial charge in [0.25, 0.3) is 0 Å². The molecule has 63 heavy (non-hydrogen) atoms. The van der Waals surface area contributed by atoms with Gasteiger partial charge in [-0.05, 0) is 12.8 Å². The molecule has 20 nitrogen and oxygen atoms in total. The summed E-state index contributed by atoms with van der Waals surface area (Å²) in [6.07, 6.45) is 1.40. The quantitative estimate of drug-likeness (QED) is 0.0388. The Morgan fingerprint density at radius 3 is 1.38 bits per heavy atom. The van der Waals surface area contributed by atoms with E-state index >= 15 is 0 Å². The van der Waals surface area contributed by atoms with Crippen molar-refractivity contribution in [3.8, 4) is 0 Å².